The number of aryl methyl sites for hydroxylation is 1. The number of nitrogens with one attached hydrogen (secondary N) is 1. The maximum Gasteiger partial charge on any atom is 0.341 e. The molecule has 4 aromatic rings. The molecule has 0 aliphatic carbocycles. The van der Waals surface area contributed by atoms with Crippen molar-refractivity contribution in [2.45, 2.75) is 25.1 Å². The molecule has 0 saturated carbocycles. The first kappa shape index (κ1) is 27.3. The van der Waals surface area contributed by atoms with E-state index in [1.807, 2.05) is 31.2 Å². The molecule has 0 saturated heterocycles. The molecule has 198 valence electrons. The quantitative estimate of drug-likeness (QED) is 0.205. The number of halogens is 2. The normalized spacial score (nSPS) is 11.7. The average molecular weight is 559 g/mol. The van der Waals surface area contributed by atoms with Gasteiger partial charge in [-0.2, -0.15) is 0 Å². The molecule has 0 fully saturated rings. The molecule has 0 radical (unpaired) electrons. The number of aromatic nitrogens is 3. The second-order valence-electron chi connectivity index (χ2n) is 8.28. The molecule has 1 N–H and O–H groups in total. The largest absolute Gasteiger partial charge is 0.480 e. The van der Waals surface area contributed by atoms with Gasteiger partial charge in [-0.05, 0) is 31.5 Å². The van der Waals surface area contributed by atoms with E-state index < -0.39 is 23.7 Å². The molecular formula is C26H24F2N4O4S2. The summed E-state index contributed by atoms with van der Waals surface area (Å²) in [5, 5.41) is 13.6. The first-order chi connectivity index (χ1) is 18.2. The van der Waals surface area contributed by atoms with Gasteiger partial charge in [-0.3, -0.25) is 4.79 Å². The van der Waals surface area contributed by atoms with Crippen LogP contribution in [0.5, 0.6) is 5.75 Å². The third-order valence-electron chi connectivity index (χ3n) is 5.56. The minimum absolute atomic E-state index is 0.00776. The fourth-order valence-corrected chi connectivity index (χ4v) is 5.30. The highest BCUT2D eigenvalue weighted by Crippen LogP contribution is 2.36. The number of nitrogens with zero attached hydrogens (tertiary/aromatic N) is 3. The van der Waals surface area contributed by atoms with Crippen molar-refractivity contribution < 1.29 is 27.8 Å². The molecule has 8 nitrogen and oxygen atoms in total. The lowest BCUT2D eigenvalue weighted by atomic mass is 10.0. The van der Waals surface area contributed by atoms with E-state index in [4.69, 9.17) is 9.47 Å². The zero-order valence-corrected chi connectivity index (χ0v) is 22.6. The van der Waals surface area contributed by atoms with Crippen LogP contribution in [0.4, 0.5) is 13.8 Å². The minimum atomic E-state index is -0.823. The molecule has 1 unspecified atom stereocenters. The smallest absolute Gasteiger partial charge is 0.341 e. The molecule has 0 bridgehead atoms. The zero-order valence-electron chi connectivity index (χ0n) is 21.0. The van der Waals surface area contributed by atoms with Crippen molar-refractivity contribution in [2.24, 2.45) is 7.05 Å². The Labute approximate surface area is 226 Å². The Morgan fingerprint density at radius 1 is 1.16 bits per heavy atom. The number of thiophene rings is 1. The number of ether oxygens (including phenoxy) is 2. The molecule has 38 heavy (non-hydrogen) atoms. The summed E-state index contributed by atoms with van der Waals surface area (Å²) in [6.45, 7) is 3.63. The second kappa shape index (κ2) is 11.7. The summed E-state index contributed by atoms with van der Waals surface area (Å²) in [4.78, 5) is 25.3. The average Bonchev–Trinajstić information content (AvgIpc) is 3.47. The van der Waals surface area contributed by atoms with E-state index >= 15 is 0 Å². The number of thioether (sulfide) groups is 1. The third-order valence-corrected chi connectivity index (χ3v) is 7.47. The second-order valence-corrected chi connectivity index (χ2v) is 10.1. The Hall–Kier alpha value is -3.77. The Morgan fingerprint density at radius 2 is 1.89 bits per heavy atom. The highest BCUT2D eigenvalue weighted by molar-refractivity contribution is 7.99. The number of benzene rings is 2. The number of hydrogen-bond donors (Lipinski definition) is 1. The van der Waals surface area contributed by atoms with E-state index in [-0.39, 0.29) is 17.4 Å². The van der Waals surface area contributed by atoms with Crippen LogP contribution in [0.15, 0.2) is 53.0 Å². The molecule has 1 amide bonds. The minimum Gasteiger partial charge on any atom is -0.480 e. The van der Waals surface area contributed by atoms with Crippen LogP contribution in [0.2, 0.25) is 0 Å². The number of carbonyl (C=O) groups is 2. The first-order valence-corrected chi connectivity index (χ1v) is 13.2. The standard InChI is InChI=1S/C26H24F2N4O4S2/c1-14-5-7-16(8-6-14)18-12-37-24(22(18)25(34)35-4)29-21(33)13-38-26-31-30-23(32(26)3)15(2)36-20-10-9-17(27)11-19(20)28/h5-12,15H,13H2,1-4H3,(H,29,33). The third kappa shape index (κ3) is 6.03. The monoisotopic (exact) mass is 558 g/mol. The van der Waals surface area contributed by atoms with E-state index in [0.29, 0.717) is 27.1 Å². The molecule has 12 heteroatoms. The van der Waals surface area contributed by atoms with Crippen LogP contribution >= 0.6 is 23.1 Å². The van der Waals surface area contributed by atoms with Gasteiger partial charge in [0.05, 0.1) is 12.9 Å². The van der Waals surface area contributed by atoms with E-state index in [1.54, 1.807) is 23.9 Å². The van der Waals surface area contributed by atoms with Crippen molar-refractivity contribution >= 4 is 40.0 Å². The molecule has 1 atom stereocenters. The van der Waals surface area contributed by atoms with Gasteiger partial charge in [0.1, 0.15) is 16.4 Å². The van der Waals surface area contributed by atoms with Gasteiger partial charge in [-0.1, -0.05) is 41.6 Å². The van der Waals surface area contributed by atoms with Gasteiger partial charge in [0.25, 0.3) is 0 Å². The molecule has 0 aliphatic rings. The number of rotatable bonds is 9. The fourth-order valence-electron chi connectivity index (χ4n) is 3.61. The number of amides is 1. The number of esters is 1. The van der Waals surface area contributed by atoms with Gasteiger partial charge in [0.15, 0.2) is 28.7 Å². The zero-order chi connectivity index (χ0) is 27.4. The number of anilines is 1. The van der Waals surface area contributed by atoms with Crippen LogP contribution in [0.3, 0.4) is 0 Å². The first-order valence-electron chi connectivity index (χ1n) is 11.4. The molecule has 0 spiro atoms. The number of hydrogen-bond acceptors (Lipinski definition) is 8. The summed E-state index contributed by atoms with van der Waals surface area (Å²) in [6.07, 6.45) is -0.690. The van der Waals surface area contributed by atoms with Crippen LogP contribution < -0.4 is 10.1 Å². The predicted molar refractivity (Wildman–Crippen MR) is 142 cm³/mol. The van der Waals surface area contributed by atoms with Gasteiger partial charge in [-0.25, -0.2) is 13.6 Å². The maximum absolute atomic E-state index is 14.0. The van der Waals surface area contributed by atoms with Crippen molar-refractivity contribution in [1.82, 2.24) is 14.8 Å². The molecule has 2 aromatic carbocycles. The van der Waals surface area contributed by atoms with Crippen LogP contribution in [-0.2, 0) is 16.6 Å². The Balaban J connectivity index is 1.43. The molecular weight excluding hydrogens is 534 g/mol. The highest BCUT2D eigenvalue weighted by Gasteiger charge is 2.23. The lowest BCUT2D eigenvalue weighted by molar-refractivity contribution is -0.113. The van der Waals surface area contributed by atoms with Crippen molar-refractivity contribution in [3.05, 3.63) is 76.4 Å². The number of carbonyl (C=O) groups excluding carboxylic acids is 2. The molecule has 4 rings (SSSR count). The van der Waals surface area contributed by atoms with Crippen LogP contribution in [0.1, 0.15) is 34.8 Å². The Kier molecular flexibility index (Phi) is 8.42. The van der Waals surface area contributed by atoms with Crippen LogP contribution in [0.25, 0.3) is 11.1 Å². The summed E-state index contributed by atoms with van der Waals surface area (Å²) in [5.74, 6) is -2.15. The summed E-state index contributed by atoms with van der Waals surface area (Å²) in [6, 6.07) is 10.7. The number of methoxy groups -OCH3 is 1. The van der Waals surface area contributed by atoms with Gasteiger partial charge in [-0.15, -0.1) is 21.5 Å². The van der Waals surface area contributed by atoms with Gasteiger partial charge in [0, 0.05) is 24.1 Å². The molecule has 2 heterocycles. The summed E-state index contributed by atoms with van der Waals surface area (Å²) in [7, 11) is 2.99. The Morgan fingerprint density at radius 3 is 2.58 bits per heavy atom. The molecule has 2 aromatic heterocycles. The van der Waals surface area contributed by atoms with E-state index in [1.165, 1.54) is 24.5 Å². The summed E-state index contributed by atoms with van der Waals surface area (Å²) < 4.78 is 39.3. The van der Waals surface area contributed by atoms with Gasteiger partial charge < -0.3 is 19.4 Å². The highest BCUT2D eigenvalue weighted by atomic mass is 32.2. The lowest BCUT2D eigenvalue weighted by Crippen LogP contribution is -2.16. The van der Waals surface area contributed by atoms with Crippen LogP contribution in [-0.4, -0.2) is 39.5 Å². The van der Waals surface area contributed by atoms with Gasteiger partial charge in [0.2, 0.25) is 5.91 Å². The van der Waals surface area contributed by atoms with Gasteiger partial charge >= 0.3 is 5.97 Å². The van der Waals surface area contributed by atoms with Crippen LogP contribution in [0, 0.1) is 18.6 Å². The van der Waals surface area contributed by atoms with Crippen molar-refractivity contribution in [1.29, 1.82) is 0 Å². The summed E-state index contributed by atoms with van der Waals surface area (Å²) >= 11 is 2.37. The Bertz CT molecular complexity index is 1470. The summed E-state index contributed by atoms with van der Waals surface area (Å²) in [5.41, 5.74) is 2.89. The van der Waals surface area contributed by atoms with Crippen molar-refractivity contribution in [3.8, 4) is 16.9 Å². The van der Waals surface area contributed by atoms with Crippen molar-refractivity contribution in [3.63, 3.8) is 0 Å². The van der Waals surface area contributed by atoms with E-state index in [0.717, 1.165) is 35.0 Å². The predicted octanol–water partition coefficient (Wildman–Crippen LogP) is 5.79. The van der Waals surface area contributed by atoms with E-state index in [2.05, 4.69) is 15.5 Å². The lowest BCUT2D eigenvalue weighted by Gasteiger charge is -2.14. The fraction of sp³-hybridized carbons (Fsp3) is 0.231. The SMILES string of the molecule is COC(=O)c1c(-c2ccc(C)cc2)csc1NC(=O)CSc1nnc(C(C)Oc2ccc(F)cc2F)n1C. The van der Waals surface area contributed by atoms with Crippen molar-refractivity contribution in [2.75, 3.05) is 18.2 Å². The maximum atomic E-state index is 14.0. The topological polar surface area (TPSA) is 95.3 Å². The molecule has 0 aliphatic heterocycles. The van der Waals surface area contributed by atoms with E-state index in [9.17, 15) is 18.4 Å².